The minimum Gasteiger partial charge on any atom is -0.337 e. The molecule has 0 aliphatic carbocycles. The summed E-state index contributed by atoms with van der Waals surface area (Å²) in [6.07, 6.45) is 0.788. The van der Waals surface area contributed by atoms with E-state index in [-0.39, 0.29) is 11.9 Å². The highest BCUT2D eigenvalue weighted by Crippen LogP contribution is 2.11. The van der Waals surface area contributed by atoms with Gasteiger partial charge in [-0.25, -0.2) is 4.79 Å². The summed E-state index contributed by atoms with van der Waals surface area (Å²) in [4.78, 5) is 28.8. The summed E-state index contributed by atoms with van der Waals surface area (Å²) < 4.78 is 0. The molecule has 2 aromatic rings. The fraction of sp³-hybridized carbons (Fsp3) is 0.333. The number of hydrogen-bond acceptors (Lipinski definition) is 2. The normalized spacial score (nSPS) is 14.7. The van der Waals surface area contributed by atoms with E-state index in [1.54, 1.807) is 4.90 Å². The molecule has 1 fully saturated rings. The fourth-order valence-electron chi connectivity index (χ4n) is 3.17. The first-order chi connectivity index (χ1) is 12.6. The first-order valence-corrected chi connectivity index (χ1v) is 9.06. The summed E-state index contributed by atoms with van der Waals surface area (Å²) in [6.45, 7) is 4.96. The third-order valence-electron chi connectivity index (χ3n) is 4.62. The van der Waals surface area contributed by atoms with Crippen LogP contribution in [0, 0.1) is 6.92 Å². The fourth-order valence-corrected chi connectivity index (χ4v) is 3.17. The molecule has 0 radical (unpaired) electrons. The Balaban J connectivity index is 1.54. The molecule has 136 valence electrons. The van der Waals surface area contributed by atoms with Gasteiger partial charge in [0.15, 0.2) is 0 Å². The van der Waals surface area contributed by atoms with E-state index in [4.69, 9.17) is 0 Å². The third-order valence-corrected chi connectivity index (χ3v) is 4.62. The number of aryl methyl sites for hydroxylation is 1. The van der Waals surface area contributed by atoms with Crippen LogP contribution in [0.25, 0.3) is 0 Å². The van der Waals surface area contributed by atoms with E-state index in [2.05, 4.69) is 5.32 Å². The molecular weight excluding hydrogens is 326 g/mol. The molecule has 5 nitrogen and oxygen atoms in total. The molecule has 1 heterocycles. The second kappa shape index (κ2) is 8.52. The van der Waals surface area contributed by atoms with E-state index in [1.165, 1.54) is 0 Å². The van der Waals surface area contributed by atoms with Crippen LogP contribution in [-0.2, 0) is 6.54 Å². The molecule has 0 bridgehead atoms. The Morgan fingerprint density at radius 2 is 1.65 bits per heavy atom. The summed E-state index contributed by atoms with van der Waals surface area (Å²) in [7, 11) is 0. The van der Waals surface area contributed by atoms with Crippen LogP contribution in [-0.4, -0.2) is 47.9 Å². The molecule has 1 aliphatic rings. The summed E-state index contributed by atoms with van der Waals surface area (Å²) in [6, 6.07) is 17.4. The van der Waals surface area contributed by atoms with Gasteiger partial charge >= 0.3 is 6.03 Å². The molecule has 3 amide bonds. The lowest BCUT2D eigenvalue weighted by Gasteiger charge is -2.22. The van der Waals surface area contributed by atoms with E-state index < -0.39 is 0 Å². The zero-order valence-corrected chi connectivity index (χ0v) is 15.1. The van der Waals surface area contributed by atoms with E-state index in [1.807, 2.05) is 66.4 Å². The van der Waals surface area contributed by atoms with E-state index >= 15 is 0 Å². The van der Waals surface area contributed by atoms with Crippen LogP contribution in [0.3, 0.4) is 0 Å². The van der Waals surface area contributed by atoms with Crippen molar-refractivity contribution in [3.63, 3.8) is 0 Å². The minimum atomic E-state index is -0.0706. The summed E-state index contributed by atoms with van der Waals surface area (Å²) in [5.74, 6) is 0.0419. The lowest BCUT2D eigenvalue weighted by Crippen LogP contribution is -2.42. The van der Waals surface area contributed by atoms with Gasteiger partial charge in [0.2, 0.25) is 0 Å². The van der Waals surface area contributed by atoms with Gasteiger partial charge in [0.1, 0.15) is 0 Å². The maximum atomic E-state index is 12.7. The summed E-state index contributed by atoms with van der Waals surface area (Å²) in [5, 5.41) is 2.96. The van der Waals surface area contributed by atoms with Crippen LogP contribution in [0.15, 0.2) is 54.6 Å². The molecule has 0 saturated carbocycles. The number of benzene rings is 2. The predicted molar refractivity (Wildman–Crippen MR) is 102 cm³/mol. The molecule has 0 atom stereocenters. The van der Waals surface area contributed by atoms with Crippen molar-refractivity contribution in [1.29, 1.82) is 0 Å². The topological polar surface area (TPSA) is 52.7 Å². The van der Waals surface area contributed by atoms with E-state index in [0.29, 0.717) is 38.3 Å². The number of nitrogens with one attached hydrogen (secondary N) is 1. The quantitative estimate of drug-likeness (QED) is 0.924. The van der Waals surface area contributed by atoms with Gasteiger partial charge < -0.3 is 15.1 Å². The summed E-state index contributed by atoms with van der Waals surface area (Å²) >= 11 is 0. The van der Waals surface area contributed by atoms with Crippen molar-refractivity contribution in [3.05, 3.63) is 71.3 Å². The molecule has 26 heavy (non-hydrogen) atoms. The van der Waals surface area contributed by atoms with E-state index in [0.717, 1.165) is 17.5 Å². The Morgan fingerprint density at radius 3 is 2.42 bits per heavy atom. The number of carbonyl (C=O) groups excluding carboxylic acids is 2. The van der Waals surface area contributed by atoms with Crippen LogP contribution in [0.5, 0.6) is 0 Å². The number of rotatable bonds is 3. The molecule has 0 spiro atoms. The average molecular weight is 351 g/mol. The van der Waals surface area contributed by atoms with Crippen molar-refractivity contribution in [3.8, 4) is 0 Å². The Morgan fingerprint density at radius 1 is 0.923 bits per heavy atom. The highest BCUT2D eigenvalue weighted by atomic mass is 16.2. The number of carbonyl (C=O) groups is 2. The Hall–Kier alpha value is -2.82. The lowest BCUT2D eigenvalue weighted by molar-refractivity contribution is 0.0762. The highest BCUT2D eigenvalue weighted by Gasteiger charge is 2.22. The Labute approximate surface area is 154 Å². The second-order valence-corrected chi connectivity index (χ2v) is 6.65. The molecule has 0 unspecified atom stereocenters. The molecule has 0 aromatic heterocycles. The van der Waals surface area contributed by atoms with Gasteiger partial charge in [-0.3, -0.25) is 4.79 Å². The minimum absolute atomic E-state index is 0.0419. The largest absolute Gasteiger partial charge is 0.337 e. The first kappa shape index (κ1) is 18.0. The van der Waals surface area contributed by atoms with Crippen LogP contribution in [0.1, 0.15) is 27.9 Å². The number of nitrogens with zero attached hydrogens (tertiary/aromatic N) is 2. The van der Waals surface area contributed by atoms with Crippen molar-refractivity contribution in [1.82, 2.24) is 15.1 Å². The molecule has 1 aliphatic heterocycles. The van der Waals surface area contributed by atoms with Gasteiger partial charge in [-0.2, -0.15) is 0 Å². The maximum absolute atomic E-state index is 12.7. The number of amides is 3. The zero-order chi connectivity index (χ0) is 18.4. The maximum Gasteiger partial charge on any atom is 0.317 e. The van der Waals surface area contributed by atoms with Crippen molar-refractivity contribution in [2.75, 3.05) is 26.2 Å². The highest BCUT2D eigenvalue weighted by molar-refractivity contribution is 5.94. The van der Waals surface area contributed by atoms with Crippen LogP contribution >= 0.6 is 0 Å². The number of hydrogen-bond donors (Lipinski definition) is 1. The van der Waals surface area contributed by atoms with Crippen molar-refractivity contribution >= 4 is 11.9 Å². The Bertz CT molecular complexity index is 761. The Kier molecular flexibility index (Phi) is 5.89. The standard InChI is InChI=1S/C21H25N3O2/c1-17-7-5-10-19(15-17)20(25)23-11-6-12-24(14-13-23)21(26)22-16-18-8-3-2-4-9-18/h2-5,7-10,15H,6,11-14,16H2,1H3,(H,22,26). The van der Waals surface area contributed by atoms with Crippen molar-refractivity contribution in [2.45, 2.75) is 19.9 Å². The molecule has 2 aromatic carbocycles. The molecule has 1 saturated heterocycles. The van der Waals surface area contributed by atoms with Crippen molar-refractivity contribution in [2.24, 2.45) is 0 Å². The molecule has 5 heteroatoms. The monoisotopic (exact) mass is 351 g/mol. The SMILES string of the molecule is Cc1cccc(C(=O)N2CCCN(C(=O)NCc3ccccc3)CC2)c1. The molecule has 1 N–H and O–H groups in total. The van der Waals surface area contributed by atoms with Gasteiger partial charge in [-0.1, -0.05) is 48.0 Å². The lowest BCUT2D eigenvalue weighted by atomic mass is 10.1. The number of urea groups is 1. The average Bonchev–Trinajstić information content (AvgIpc) is 2.92. The van der Waals surface area contributed by atoms with Crippen molar-refractivity contribution < 1.29 is 9.59 Å². The van der Waals surface area contributed by atoms with Gasteiger partial charge in [0, 0.05) is 38.3 Å². The van der Waals surface area contributed by atoms with Gasteiger partial charge in [0.05, 0.1) is 0 Å². The van der Waals surface area contributed by atoms with Gasteiger partial charge in [-0.15, -0.1) is 0 Å². The molecular formula is C21H25N3O2. The van der Waals surface area contributed by atoms with Gasteiger partial charge in [-0.05, 0) is 31.0 Å². The third kappa shape index (κ3) is 4.63. The van der Waals surface area contributed by atoms with E-state index in [9.17, 15) is 9.59 Å². The van der Waals surface area contributed by atoms with Crippen LogP contribution in [0.4, 0.5) is 4.79 Å². The van der Waals surface area contributed by atoms with Crippen LogP contribution in [0.2, 0.25) is 0 Å². The smallest absolute Gasteiger partial charge is 0.317 e. The predicted octanol–water partition coefficient (Wildman–Crippen LogP) is 3.05. The molecule has 3 rings (SSSR count). The van der Waals surface area contributed by atoms with Gasteiger partial charge in [0.25, 0.3) is 5.91 Å². The van der Waals surface area contributed by atoms with Crippen LogP contribution < -0.4 is 5.32 Å². The summed E-state index contributed by atoms with van der Waals surface area (Å²) in [5.41, 5.74) is 2.87. The first-order valence-electron chi connectivity index (χ1n) is 9.06. The zero-order valence-electron chi connectivity index (χ0n) is 15.1. The second-order valence-electron chi connectivity index (χ2n) is 6.65.